The van der Waals surface area contributed by atoms with Crippen molar-refractivity contribution in [2.24, 2.45) is 5.92 Å². The molecule has 2 aromatic rings. The summed E-state index contributed by atoms with van der Waals surface area (Å²) in [5.41, 5.74) is 0.403. The minimum Gasteiger partial charge on any atom is -0.315 e. The van der Waals surface area contributed by atoms with E-state index < -0.39 is 0 Å². The minimum atomic E-state index is -0.129. The molecule has 3 heteroatoms. The van der Waals surface area contributed by atoms with Crippen molar-refractivity contribution in [3.63, 3.8) is 0 Å². The molecule has 1 aliphatic heterocycles. The molecule has 4 rings (SSSR count). The first-order valence-corrected chi connectivity index (χ1v) is 6.50. The highest BCUT2D eigenvalue weighted by molar-refractivity contribution is 7.19. The standard InChI is InChI=1S/C13H12FNS/c14-10-2-1-8-3-12(16-11(8)4-10)13-5-9(13)6-15-7-13/h1-4,9,15H,5-7H2/t9-,13-/m1/s1. The summed E-state index contributed by atoms with van der Waals surface area (Å²) in [4.78, 5) is 1.45. The van der Waals surface area contributed by atoms with E-state index in [2.05, 4.69) is 11.4 Å². The van der Waals surface area contributed by atoms with Gasteiger partial charge in [-0.2, -0.15) is 0 Å². The molecule has 0 amide bonds. The molecule has 2 aliphatic rings. The number of benzene rings is 1. The quantitative estimate of drug-likeness (QED) is 0.798. The van der Waals surface area contributed by atoms with Gasteiger partial charge in [0.05, 0.1) is 0 Å². The zero-order valence-electron chi connectivity index (χ0n) is 8.79. The minimum absolute atomic E-state index is 0.129. The van der Waals surface area contributed by atoms with E-state index in [0.29, 0.717) is 5.41 Å². The third-order valence-corrected chi connectivity index (χ3v) is 5.35. The molecule has 0 unspecified atom stereocenters. The molecule has 1 N–H and O–H groups in total. The summed E-state index contributed by atoms with van der Waals surface area (Å²) < 4.78 is 14.2. The average Bonchev–Trinajstić information content (AvgIpc) is 2.69. The van der Waals surface area contributed by atoms with Crippen molar-refractivity contribution >= 4 is 21.4 Å². The second-order valence-electron chi connectivity index (χ2n) is 4.98. The van der Waals surface area contributed by atoms with Gasteiger partial charge in [-0.05, 0) is 42.5 Å². The van der Waals surface area contributed by atoms with Crippen LogP contribution in [0.2, 0.25) is 0 Å². The Balaban J connectivity index is 1.87. The van der Waals surface area contributed by atoms with E-state index in [1.54, 1.807) is 23.5 Å². The van der Waals surface area contributed by atoms with Crippen molar-refractivity contribution in [3.8, 4) is 0 Å². The van der Waals surface area contributed by atoms with Crippen molar-refractivity contribution in [1.82, 2.24) is 5.32 Å². The Morgan fingerprint density at radius 3 is 3.06 bits per heavy atom. The van der Waals surface area contributed by atoms with Gasteiger partial charge in [0.25, 0.3) is 0 Å². The highest BCUT2D eigenvalue weighted by Crippen LogP contribution is 2.58. The molecular formula is C13H12FNS. The van der Waals surface area contributed by atoms with Crippen LogP contribution in [-0.4, -0.2) is 13.1 Å². The van der Waals surface area contributed by atoms with Gasteiger partial charge in [0.1, 0.15) is 5.82 Å². The van der Waals surface area contributed by atoms with Crippen LogP contribution in [0.4, 0.5) is 4.39 Å². The van der Waals surface area contributed by atoms with Gasteiger partial charge in [-0.3, -0.25) is 0 Å². The van der Waals surface area contributed by atoms with Crippen molar-refractivity contribution in [2.75, 3.05) is 13.1 Å². The van der Waals surface area contributed by atoms with Crippen LogP contribution in [0.5, 0.6) is 0 Å². The van der Waals surface area contributed by atoms with Crippen LogP contribution in [0, 0.1) is 11.7 Å². The van der Waals surface area contributed by atoms with Crippen LogP contribution >= 0.6 is 11.3 Å². The lowest BCUT2D eigenvalue weighted by Gasteiger charge is -2.07. The Hall–Kier alpha value is -0.930. The smallest absolute Gasteiger partial charge is 0.124 e. The molecule has 1 aromatic carbocycles. The summed E-state index contributed by atoms with van der Waals surface area (Å²) in [7, 11) is 0. The van der Waals surface area contributed by atoms with Gasteiger partial charge in [-0.15, -0.1) is 11.3 Å². The van der Waals surface area contributed by atoms with E-state index in [0.717, 1.165) is 23.7 Å². The fraction of sp³-hybridized carbons (Fsp3) is 0.385. The molecule has 2 heterocycles. The van der Waals surface area contributed by atoms with Gasteiger partial charge in [0.2, 0.25) is 0 Å². The maximum Gasteiger partial charge on any atom is 0.124 e. The Kier molecular flexibility index (Phi) is 1.62. The summed E-state index contributed by atoms with van der Waals surface area (Å²) >= 11 is 1.77. The van der Waals surface area contributed by atoms with Crippen molar-refractivity contribution in [3.05, 3.63) is 35.0 Å². The predicted octanol–water partition coefficient (Wildman–Crippen LogP) is 2.90. The highest BCUT2D eigenvalue weighted by Gasteiger charge is 2.58. The van der Waals surface area contributed by atoms with Crippen LogP contribution in [0.1, 0.15) is 11.3 Å². The summed E-state index contributed by atoms with van der Waals surface area (Å²) in [5, 5.41) is 4.64. The molecule has 82 valence electrons. The normalized spacial score (nSPS) is 31.9. The maximum atomic E-state index is 13.1. The van der Waals surface area contributed by atoms with Gasteiger partial charge in [-0.25, -0.2) is 4.39 Å². The van der Waals surface area contributed by atoms with E-state index in [1.165, 1.54) is 16.7 Å². The van der Waals surface area contributed by atoms with Gasteiger partial charge in [0, 0.05) is 21.5 Å². The van der Waals surface area contributed by atoms with Crippen LogP contribution < -0.4 is 5.32 Å². The van der Waals surface area contributed by atoms with E-state index in [9.17, 15) is 4.39 Å². The highest BCUT2D eigenvalue weighted by atomic mass is 32.1. The van der Waals surface area contributed by atoms with E-state index >= 15 is 0 Å². The van der Waals surface area contributed by atoms with E-state index in [4.69, 9.17) is 0 Å². The Bertz CT molecular complexity index is 576. The van der Waals surface area contributed by atoms with Gasteiger partial charge in [0.15, 0.2) is 0 Å². The molecule has 1 nitrogen and oxygen atoms in total. The summed E-state index contributed by atoms with van der Waals surface area (Å²) in [6.07, 6.45) is 1.31. The van der Waals surface area contributed by atoms with Crippen LogP contribution in [0.15, 0.2) is 24.3 Å². The summed E-state index contributed by atoms with van der Waals surface area (Å²) in [6.45, 7) is 2.26. The lowest BCUT2D eigenvalue weighted by molar-refractivity contribution is 0.630. The van der Waals surface area contributed by atoms with Gasteiger partial charge < -0.3 is 5.32 Å². The summed E-state index contributed by atoms with van der Waals surface area (Å²) in [6, 6.07) is 7.35. The third-order valence-electron chi connectivity index (χ3n) is 4.04. The fourth-order valence-corrected chi connectivity index (χ4v) is 4.34. The van der Waals surface area contributed by atoms with Crippen LogP contribution in [-0.2, 0) is 5.41 Å². The number of rotatable bonds is 1. The molecule has 2 fully saturated rings. The lowest BCUT2D eigenvalue weighted by atomic mass is 10.0. The topological polar surface area (TPSA) is 12.0 Å². The molecule has 0 spiro atoms. The molecule has 0 radical (unpaired) electrons. The molecule has 16 heavy (non-hydrogen) atoms. The molecule has 1 saturated heterocycles. The number of piperidine rings is 1. The number of hydrogen-bond donors (Lipinski definition) is 1. The molecule has 1 saturated carbocycles. The maximum absolute atomic E-state index is 13.1. The third kappa shape index (κ3) is 1.08. The number of fused-ring (bicyclic) bond motifs is 2. The van der Waals surface area contributed by atoms with E-state index in [1.807, 2.05) is 6.07 Å². The number of hydrogen-bond acceptors (Lipinski definition) is 2. The molecule has 1 aliphatic carbocycles. The first-order chi connectivity index (χ1) is 7.78. The monoisotopic (exact) mass is 233 g/mol. The van der Waals surface area contributed by atoms with Crippen molar-refractivity contribution in [1.29, 1.82) is 0 Å². The first-order valence-electron chi connectivity index (χ1n) is 5.68. The average molecular weight is 233 g/mol. The SMILES string of the molecule is Fc1ccc2cc([C@]34CNC[C@H]3C4)sc2c1. The number of halogens is 1. The zero-order valence-corrected chi connectivity index (χ0v) is 9.61. The molecule has 0 bridgehead atoms. The first kappa shape index (κ1) is 9.14. The van der Waals surface area contributed by atoms with Gasteiger partial charge >= 0.3 is 0 Å². The Morgan fingerprint density at radius 1 is 1.38 bits per heavy atom. The van der Waals surface area contributed by atoms with Crippen LogP contribution in [0.3, 0.4) is 0 Å². The van der Waals surface area contributed by atoms with Crippen molar-refractivity contribution < 1.29 is 4.39 Å². The van der Waals surface area contributed by atoms with Gasteiger partial charge in [-0.1, -0.05) is 6.07 Å². The molecular weight excluding hydrogens is 221 g/mol. The Morgan fingerprint density at radius 2 is 2.31 bits per heavy atom. The predicted molar refractivity (Wildman–Crippen MR) is 64.4 cm³/mol. The second-order valence-corrected chi connectivity index (χ2v) is 6.06. The van der Waals surface area contributed by atoms with E-state index in [-0.39, 0.29) is 5.82 Å². The Labute approximate surface area is 97.3 Å². The molecule has 2 atom stereocenters. The van der Waals surface area contributed by atoms with Crippen LogP contribution in [0.25, 0.3) is 10.1 Å². The zero-order chi connectivity index (χ0) is 10.8. The number of thiophene rings is 1. The molecule has 1 aromatic heterocycles. The lowest BCUT2D eigenvalue weighted by Crippen LogP contribution is -2.18. The largest absolute Gasteiger partial charge is 0.315 e. The number of nitrogens with one attached hydrogen (secondary N) is 1. The second kappa shape index (κ2) is 2.84. The fourth-order valence-electron chi connectivity index (χ4n) is 2.97. The summed E-state index contributed by atoms with van der Waals surface area (Å²) in [5.74, 6) is 0.695. The van der Waals surface area contributed by atoms with Crippen molar-refractivity contribution in [2.45, 2.75) is 11.8 Å².